The largest absolute Gasteiger partial charge is 0.379 e. The highest BCUT2D eigenvalue weighted by atomic mass is 16.6. The summed E-state index contributed by atoms with van der Waals surface area (Å²) in [6, 6.07) is 9.69. The van der Waals surface area contributed by atoms with Crippen molar-refractivity contribution in [3.8, 4) is 0 Å². The highest BCUT2D eigenvalue weighted by Gasteiger charge is 2.14. The Bertz CT molecular complexity index is 604. The molecule has 0 saturated carbocycles. The van der Waals surface area contributed by atoms with Crippen LogP contribution in [0, 0.1) is 0 Å². The number of hydrogen-bond acceptors (Lipinski definition) is 6. The van der Waals surface area contributed by atoms with Crippen molar-refractivity contribution in [3.05, 3.63) is 47.7 Å². The number of carbonyl (C=O) groups is 1. The Kier molecular flexibility index (Phi) is 4.01. The summed E-state index contributed by atoms with van der Waals surface area (Å²) in [5, 5.41) is 10.3. The number of nitrogen functional groups attached to an aromatic ring is 1. The van der Waals surface area contributed by atoms with Gasteiger partial charge in [-0.05, 0) is 22.0 Å². The number of carbonyl (C=O) groups excluding carboxylic acids is 1. The number of nitrogens with two attached hydrogens (primary N) is 1. The van der Waals surface area contributed by atoms with Gasteiger partial charge in [-0.3, -0.25) is 4.79 Å². The minimum Gasteiger partial charge on any atom is -0.379 e. The topological polar surface area (TPSA) is 106 Å². The molecule has 0 saturated heterocycles. The SMILES string of the molecule is Nc1nonc1C(=O)N/N=C\C=C\c1ccccc1. The third-order valence-corrected chi connectivity index (χ3v) is 2.14. The van der Waals surface area contributed by atoms with Gasteiger partial charge in [0, 0.05) is 6.21 Å². The summed E-state index contributed by atoms with van der Waals surface area (Å²) in [7, 11) is 0. The molecule has 0 bridgehead atoms. The molecule has 2 aromatic rings. The second-order valence-corrected chi connectivity index (χ2v) is 3.49. The van der Waals surface area contributed by atoms with Crippen molar-refractivity contribution in [1.29, 1.82) is 0 Å². The van der Waals surface area contributed by atoms with E-state index in [9.17, 15) is 4.79 Å². The fourth-order valence-electron chi connectivity index (χ4n) is 1.26. The number of anilines is 1. The molecule has 3 N–H and O–H groups in total. The first-order valence-corrected chi connectivity index (χ1v) is 5.40. The standard InChI is InChI=1S/C12H11N5O2/c13-11-10(16-19-17-11)12(18)15-14-8-4-7-9-5-2-1-3-6-9/h1-8H,(H2,13,17)(H,15,18)/b7-4+,14-8-. The van der Waals surface area contributed by atoms with Gasteiger partial charge in [-0.2, -0.15) is 5.10 Å². The van der Waals surface area contributed by atoms with Crippen LogP contribution in [0.2, 0.25) is 0 Å². The molecule has 96 valence electrons. The molecule has 0 aliphatic carbocycles. The van der Waals surface area contributed by atoms with Crippen LogP contribution in [0.1, 0.15) is 16.1 Å². The van der Waals surface area contributed by atoms with Crippen LogP contribution in [0.15, 0.2) is 46.1 Å². The van der Waals surface area contributed by atoms with Crippen molar-refractivity contribution in [2.75, 3.05) is 5.73 Å². The van der Waals surface area contributed by atoms with Gasteiger partial charge in [0.25, 0.3) is 5.91 Å². The van der Waals surface area contributed by atoms with Crippen LogP contribution in [0.5, 0.6) is 0 Å². The average Bonchev–Trinajstić information content (AvgIpc) is 2.86. The highest BCUT2D eigenvalue weighted by molar-refractivity contribution is 5.96. The molecule has 1 aromatic carbocycles. The first kappa shape index (κ1) is 12.5. The van der Waals surface area contributed by atoms with Crippen LogP contribution in [0.25, 0.3) is 6.08 Å². The van der Waals surface area contributed by atoms with E-state index in [1.165, 1.54) is 6.21 Å². The lowest BCUT2D eigenvalue weighted by molar-refractivity contribution is 0.0946. The van der Waals surface area contributed by atoms with Crippen molar-refractivity contribution in [2.45, 2.75) is 0 Å². The summed E-state index contributed by atoms with van der Waals surface area (Å²) in [5.74, 6) is -0.657. The normalized spacial score (nSPS) is 11.2. The summed E-state index contributed by atoms with van der Waals surface area (Å²) >= 11 is 0. The maximum atomic E-state index is 11.5. The zero-order chi connectivity index (χ0) is 13.5. The number of nitrogens with one attached hydrogen (secondary N) is 1. The van der Waals surface area contributed by atoms with Crippen molar-refractivity contribution >= 4 is 24.0 Å². The lowest BCUT2D eigenvalue weighted by atomic mass is 10.2. The summed E-state index contributed by atoms with van der Waals surface area (Å²) < 4.78 is 4.30. The van der Waals surface area contributed by atoms with E-state index in [0.717, 1.165) is 5.56 Å². The van der Waals surface area contributed by atoms with Crippen molar-refractivity contribution < 1.29 is 9.42 Å². The van der Waals surface area contributed by atoms with Gasteiger partial charge in [-0.15, -0.1) is 0 Å². The summed E-state index contributed by atoms with van der Waals surface area (Å²) in [6.45, 7) is 0. The quantitative estimate of drug-likeness (QED) is 0.629. The van der Waals surface area contributed by atoms with E-state index in [2.05, 4.69) is 25.5 Å². The monoisotopic (exact) mass is 257 g/mol. The number of rotatable bonds is 4. The van der Waals surface area contributed by atoms with Crippen LogP contribution < -0.4 is 11.2 Å². The lowest BCUT2D eigenvalue weighted by Crippen LogP contribution is -2.19. The Labute approximate surface area is 108 Å². The zero-order valence-electron chi connectivity index (χ0n) is 9.85. The van der Waals surface area contributed by atoms with Gasteiger partial charge in [0.2, 0.25) is 11.5 Å². The molecule has 7 heteroatoms. The number of hydrogen-bond donors (Lipinski definition) is 2. The van der Waals surface area contributed by atoms with Crippen LogP contribution in [0.3, 0.4) is 0 Å². The molecular formula is C12H11N5O2. The van der Waals surface area contributed by atoms with Crippen LogP contribution >= 0.6 is 0 Å². The van der Waals surface area contributed by atoms with Crippen LogP contribution in [0.4, 0.5) is 5.82 Å². The smallest absolute Gasteiger partial charge is 0.297 e. The molecule has 0 aliphatic rings. The Morgan fingerprint density at radius 3 is 2.79 bits per heavy atom. The van der Waals surface area contributed by atoms with E-state index in [0.29, 0.717) is 0 Å². The first-order valence-electron chi connectivity index (χ1n) is 5.40. The molecule has 0 fully saturated rings. The molecule has 0 radical (unpaired) electrons. The zero-order valence-corrected chi connectivity index (χ0v) is 9.85. The molecule has 1 heterocycles. The third kappa shape index (κ3) is 3.50. The maximum absolute atomic E-state index is 11.5. The van der Waals surface area contributed by atoms with Crippen LogP contribution in [-0.2, 0) is 0 Å². The van der Waals surface area contributed by atoms with Crippen LogP contribution in [-0.4, -0.2) is 22.4 Å². The Balaban J connectivity index is 1.86. The third-order valence-electron chi connectivity index (χ3n) is 2.14. The second kappa shape index (κ2) is 6.10. The van der Waals surface area contributed by atoms with Crippen molar-refractivity contribution in [3.63, 3.8) is 0 Å². The van der Waals surface area contributed by atoms with E-state index in [1.807, 2.05) is 36.4 Å². The Morgan fingerprint density at radius 1 is 1.32 bits per heavy atom. The number of nitrogens with zero attached hydrogens (tertiary/aromatic N) is 3. The van der Waals surface area contributed by atoms with E-state index < -0.39 is 5.91 Å². The number of benzene rings is 1. The van der Waals surface area contributed by atoms with Gasteiger partial charge in [-0.25, -0.2) is 10.1 Å². The number of hydrazone groups is 1. The number of allylic oxidation sites excluding steroid dienone is 1. The summed E-state index contributed by atoms with van der Waals surface area (Å²) in [4.78, 5) is 11.5. The molecule has 7 nitrogen and oxygen atoms in total. The molecule has 1 aromatic heterocycles. The minimum absolute atomic E-state index is 0.0764. The van der Waals surface area contributed by atoms with Gasteiger partial charge in [0.1, 0.15) is 0 Å². The molecule has 0 aliphatic heterocycles. The summed E-state index contributed by atoms with van der Waals surface area (Å²) in [5.41, 5.74) is 8.54. The molecule has 0 spiro atoms. The molecule has 2 rings (SSSR count). The van der Waals surface area contributed by atoms with E-state index in [-0.39, 0.29) is 11.5 Å². The maximum Gasteiger partial charge on any atom is 0.297 e. The second-order valence-electron chi connectivity index (χ2n) is 3.49. The Morgan fingerprint density at radius 2 is 2.11 bits per heavy atom. The Hall–Kier alpha value is -2.96. The fraction of sp³-hybridized carbons (Fsp3) is 0. The van der Waals surface area contributed by atoms with Gasteiger partial charge >= 0.3 is 0 Å². The van der Waals surface area contributed by atoms with Crippen molar-refractivity contribution in [1.82, 2.24) is 15.7 Å². The molecular weight excluding hydrogens is 246 g/mol. The summed E-state index contributed by atoms with van der Waals surface area (Å²) in [6.07, 6.45) is 4.98. The first-order chi connectivity index (χ1) is 9.27. The minimum atomic E-state index is -0.580. The average molecular weight is 257 g/mol. The molecule has 19 heavy (non-hydrogen) atoms. The van der Waals surface area contributed by atoms with Gasteiger partial charge < -0.3 is 5.73 Å². The van der Waals surface area contributed by atoms with Crippen molar-refractivity contribution in [2.24, 2.45) is 5.10 Å². The van der Waals surface area contributed by atoms with Gasteiger partial charge in [0.15, 0.2) is 0 Å². The van der Waals surface area contributed by atoms with E-state index in [4.69, 9.17) is 5.73 Å². The van der Waals surface area contributed by atoms with Gasteiger partial charge in [-0.1, -0.05) is 36.4 Å². The predicted octanol–water partition coefficient (Wildman–Crippen LogP) is 1.08. The molecule has 1 amide bonds. The fourth-order valence-corrected chi connectivity index (χ4v) is 1.26. The van der Waals surface area contributed by atoms with Gasteiger partial charge in [0.05, 0.1) is 0 Å². The highest BCUT2D eigenvalue weighted by Crippen LogP contribution is 2.03. The van der Waals surface area contributed by atoms with E-state index in [1.54, 1.807) is 6.08 Å². The molecule has 0 unspecified atom stereocenters. The predicted molar refractivity (Wildman–Crippen MR) is 70.1 cm³/mol. The number of aromatic nitrogens is 2. The lowest BCUT2D eigenvalue weighted by Gasteiger charge is -1.93. The molecule has 0 atom stereocenters. The number of amides is 1. The van der Waals surface area contributed by atoms with E-state index >= 15 is 0 Å².